The highest BCUT2D eigenvalue weighted by atomic mass is 16.5. The van der Waals surface area contributed by atoms with Gasteiger partial charge in [-0.2, -0.15) is 0 Å². The maximum absolute atomic E-state index is 5.48. The monoisotopic (exact) mass is 275 g/mol. The summed E-state index contributed by atoms with van der Waals surface area (Å²) in [6.45, 7) is 4.03. The van der Waals surface area contributed by atoms with Crippen LogP contribution in [0.4, 0.5) is 0 Å². The van der Waals surface area contributed by atoms with E-state index in [9.17, 15) is 0 Å². The van der Waals surface area contributed by atoms with Gasteiger partial charge in [0.25, 0.3) is 0 Å². The van der Waals surface area contributed by atoms with Crippen LogP contribution in [0.5, 0.6) is 0 Å². The van der Waals surface area contributed by atoms with Crippen molar-refractivity contribution in [2.75, 3.05) is 20.2 Å². The smallest absolute Gasteiger partial charge is 0.0698 e. The summed E-state index contributed by atoms with van der Waals surface area (Å²) >= 11 is 0. The van der Waals surface area contributed by atoms with E-state index in [0.29, 0.717) is 6.10 Å². The molecule has 1 aliphatic heterocycles. The van der Waals surface area contributed by atoms with Gasteiger partial charge in [-0.15, -0.1) is 0 Å². The second-order valence-electron chi connectivity index (χ2n) is 6.01. The third-order valence-corrected chi connectivity index (χ3v) is 4.19. The van der Waals surface area contributed by atoms with Crippen molar-refractivity contribution in [3.63, 3.8) is 0 Å². The number of rotatable bonds is 6. The molecule has 0 aromatic carbocycles. The van der Waals surface area contributed by atoms with Crippen molar-refractivity contribution in [2.24, 2.45) is 0 Å². The van der Waals surface area contributed by atoms with Crippen LogP contribution in [0.3, 0.4) is 0 Å². The lowest BCUT2D eigenvalue weighted by Crippen LogP contribution is -2.38. The molecule has 1 aliphatic carbocycles. The molecule has 1 aromatic rings. The molecule has 1 saturated carbocycles. The zero-order chi connectivity index (χ0) is 13.8. The molecule has 0 radical (unpaired) electrons. The average molecular weight is 275 g/mol. The third kappa shape index (κ3) is 4.01. The SMILES string of the molecule is COC1CCCN(Cc2cccc(CNC3CC3)n2)C1. The normalized spacial score (nSPS) is 23.9. The number of pyridine rings is 1. The van der Waals surface area contributed by atoms with Gasteiger partial charge in [-0.25, -0.2) is 0 Å². The lowest BCUT2D eigenvalue weighted by Gasteiger charge is -2.31. The van der Waals surface area contributed by atoms with Gasteiger partial charge in [-0.3, -0.25) is 9.88 Å². The van der Waals surface area contributed by atoms with E-state index in [0.717, 1.165) is 37.9 Å². The Morgan fingerprint density at radius 2 is 2.15 bits per heavy atom. The zero-order valence-electron chi connectivity index (χ0n) is 12.3. The molecule has 1 atom stereocenters. The molecule has 4 heteroatoms. The largest absolute Gasteiger partial charge is 0.380 e. The van der Waals surface area contributed by atoms with Crippen molar-refractivity contribution in [1.29, 1.82) is 0 Å². The fourth-order valence-corrected chi connectivity index (χ4v) is 2.83. The topological polar surface area (TPSA) is 37.4 Å². The second-order valence-corrected chi connectivity index (χ2v) is 6.01. The molecule has 1 unspecified atom stereocenters. The van der Waals surface area contributed by atoms with Crippen LogP contribution in [0, 0.1) is 0 Å². The summed E-state index contributed by atoms with van der Waals surface area (Å²) in [6.07, 6.45) is 5.45. The van der Waals surface area contributed by atoms with E-state index in [1.807, 2.05) is 7.11 Å². The quantitative estimate of drug-likeness (QED) is 0.861. The predicted octanol–water partition coefficient (Wildman–Crippen LogP) is 1.94. The summed E-state index contributed by atoms with van der Waals surface area (Å²) in [5.74, 6) is 0. The number of nitrogens with zero attached hydrogens (tertiary/aromatic N) is 2. The second kappa shape index (κ2) is 6.66. The predicted molar refractivity (Wildman–Crippen MR) is 79.4 cm³/mol. The highest BCUT2D eigenvalue weighted by Crippen LogP contribution is 2.19. The molecule has 2 fully saturated rings. The van der Waals surface area contributed by atoms with Crippen molar-refractivity contribution in [3.8, 4) is 0 Å². The Hall–Kier alpha value is -0.970. The number of methoxy groups -OCH3 is 1. The summed E-state index contributed by atoms with van der Waals surface area (Å²) < 4.78 is 5.48. The van der Waals surface area contributed by atoms with Gasteiger partial charge in [0.1, 0.15) is 0 Å². The van der Waals surface area contributed by atoms with Crippen molar-refractivity contribution in [3.05, 3.63) is 29.6 Å². The standard InChI is InChI=1S/C16H25N3O/c1-20-16-6-3-9-19(12-16)11-15-5-2-4-14(18-15)10-17-13-7-8-13/h2,4-5,13,16-17H,3,6-12H2,1H3. The minimum atomic E-state index is 0.392. The summed E-state index contributed by atoms with van der Waals surface area (Å²) in [5.41, 5.74) is 2.34. The van der Waals surface area contributed by atoms with E-state index in [4.69, 9.17) is 9.72 Å². The van der Waals surface area contributed by atoms with Crippen molar-refractivity contribution < 1.29 is 4.74 Å². The van der Waals surface area contributed by atoms with E-state index in [1.54, 1.807) is 0 Å². The number of hydrogen-bond acceptors (Lipinski definition) is 4. The van der Waals surface area contributed by atoms with Gasteiger partial charge >= 0.3 is 0 Å². The minimum Gasteiger partial charge on any atom is -0.380 e. The Labute approximate surface area is 121 Å². The van der Waals surface area contributed by atoms with E-state index in [-0.39, 0.29) is 0 Å². The molecule has 2 aliphatic rings. The fourth-order valence-electron chi connectivity index (χ4n) is 2.83. The third-order valence-electron chi connectivity index (χ3n) is 4.19. The number of ether oxygens (including phenoxy) is 1. The molecule has 0 amide bonds. The van der Waals surface area contributed by atoms with Crippen molar-refractivity contribution in [2.45, 2.75) is 50.9 Å². The molecule has 1 N–H and O–H groups in total. The maximum Gasteiger partial charge on any atom is 0.0698 e. The lowest BCUT2D eigenvalue weighted by molar-refractivity contribution is 0.0281. The Morgan fingerprint density at radius 3 is 2.95 bits per heavy atom. The molecule has 1 saturated heterocycles. The van der Waals surface area contributed by atoms with Gasteiger partial charge in [0.05, 0.1) is 17.5 Å². The van der Waals surface area contributed by atoms with Gasteiger partial charge in [0.2, 0.25) is 0 Å². The summed E-state index contributed by atoms with van der Waals surface area (Å²) in [5, 5.41) is 3.52. The van der Waals surface area contributed by atoms with E-state index in [1.165, 1.54) is 31.4 Å². The number of nitrogens with one attached hydrogen (secondary N) is 1. The number of hydrogen-bond donors (Lipinski definition) is 1. The van der Waals surface area contributed by atoms with Crippen LogP contribution in [0.1, 0.15) is 37.1 Å². The van der Waals surface area contributed by atoms with Crippen LogP contribution in [0.15, 0.2) is 18.2 Å². The van der Waals surface area contributed by atoms with E-state index in [2.05, 4.69) is 28.4 Å². The van der Waals surface area contributed by atoms with Crippen LogP contribution in [-0.4, -0.2) is 42.2 Å². The van der Waals surface area contributed by atoms with Gasteiger partial charge in [-0.05, 0) is 44.4 Å². The van der Waals surface area contributed by atoms with Gasteiger partial charge in [-0.1, -0.05) is 6.07 Å². The van der Waals surface area contributed by atoms with Crippen molar-refractivity contribution in [1.82, 2.24) is 15.2 Å². The van der Waals surface area contributed by atoms with Gasteiger partial charge < -0.3 is 10.1 Å². The Kier molecular flexibility index (Phi) is 4.65. The molecule has 1 aromatic heterocycles. The summed E-state index contributed by atoms with van der Waals surface area (Å²) in [7, 11) is 1.82. The maximum atomic E-state index is 5.48. The molecule has 0 bridgehead atoms. The Balaban J connectivity index is 1.54. The first-order valence-corrected chi connectivity index (χ1v) is 7.77. The molecule has 0 spiro atoms. The molecular weight excluding hydrogens is 250 g/mol. The number of aromatic nitrogens is 1. The summed E-state index contributed by atoms with van der Waals surface area (Å²) in [4.78, 5) is 7.23. The minimum absolute atomic E-state index is 0.392. The van der Waals surface area contributed by atoms with Gasteiger partial charge in [0, 0.05) is 32.8 Å². The van der Waals surface area contributed by atoms with Crippen molar-refractivity contribution >= 4 is 0 Å². The van der Waals surface area contributed by atoms with Crippen LogP contribution in [0.2, 0.25) is 0 Å². The molecule has 4 nitrogen and oxygen atoms in total. The molecule has 20 heavy (non-hydrogen) atoms. The molecule has 2 heterocycles. The average Bonchev–Trinajstić information content (AvgIpc) is 3.30. The first kappa shape index (κ1) is 14.0. The Morgan fingerprint density at radius 1 is 1.30 bits per heavy atom. The van der Waals surface area contributed by atoms with Crippen LogP contribution < -0.4 is 5.32 Å². The van der Waals surface area contributed by atoms with Crippen LogP contribution >= 0.6 is 0 Å². The first-order chi connectivity index (χ1) is 9.83. The lowest BCUT2D eigenvalue weighted by atomic mass is 10.1. The fraction of sp³-hybridized carbons (Fsp3) is 0.688. The van der Waals surface area contributed by atoms with E-state index >= 15 is 0 Å². The van der Waals surface area contributed by atoms with Gasteiger partial charge in [0.15, 0.2) is 0 Å². The molecule has 3 rings (SSSR count). The molecular formula is C16H25N3O. The highest BCUT2D eigenvalue weighted by Gasteiger charge is 2.21. The number of piperidine rings is 1. The number of likely N-dealkylation sites (tertiary alicyclic amines) is 1. The Bertz CT molecular complexity index is 433. The van der Waals surface area contributed by atoms with E-state index < -0.39 is 0 Å². The first-order valence-electron chi connectivity index (χ1n) is 7.77. The van der Waals surface area contributed by atoms with Crippen LogP contribution in [-0.2, 0) is 17.8 Å². The highest BCUT2D eigenvalue weighted by molar-refractivity contribution is 5.11. The zero-order valence-corrected chi connectivity index (χ0v) is 12.3. The summed E-state index contributed by atoms with van der Waals surface area (Å²) in [6, 6.07) is 7.12. The molecule has 110 valence electrons. The van der Waals surface area contributed by atoms with Crippen LogP contribution in [0.25, 0.3) is 0 Å².